The first kappa shape index (κ1) is 15.3. The van der Waals surface area contributed by atoms with Gasteiger partial charge in [0.2, 0.25) is 16.5 Å². The van der Waals surface area contributed by atoms with Crippen molar-refractivity contribution in [2.45, 2.75) is 6.54 Å². The zero-order valence-electron chi connectivity index (χ0n) is 10.8. The highest BCUT2D eigenvalue weighted by Crippen LogP contribution is 2.12. The molecule has 1 heterocycles. The van der Waals surface area contributed by atoms with Crippen LogP contribution in [-0.2, 0) is 16.1 Å². The lowest BCUT2D eigenvalue weighted by Gasteiger charge is -2.06. The second-order valence-corrected chi connectivity index (χ2v) is 4.60. The molecule has 0 aliphatic rings. The largest absolute Gasteiger partial charge is 0.465 e. The number of rotatable bonds is 4. The number of carbonyl (C=O) groups excluding carboxylic acids is 2. The van der Waals surface area contributed by atoms with Crippen LogP contribution in [0.5, 0.6) is 0 Å². The number of nitrogens with one attached hydrogen (secondary N) is 1. The van der Waals surface area contributed by atoms with Crippen LogP contribution < -0.4 is 5.32 Å². The Bertz CT molecular complexity index is 670. The van der Waals surface area contributed by atoms with Crippen molar-refractivity contribution in [1.82, 2.24) is 14.8 Å². The summed E-state index contributed by atoms with van der Waals surface area (Å²) in [5.74, 6) is -0.804. The van der Waals surface area contributed by atoms with Gasteiger partial charge in [-0.15, -0.1) is 5.10 Å². The third-order valence-electron chi connectivity index (χ3n) is 2.48. The van der Waals surface area contributed by atoms with Crippen molar-refractivity contribution in [2.24, 2.45) is 0 Å². The van der Waals surface area contributed by atoms with Gasteiger partial charge in [0.15, 0.2) is 0 Å². The summed E-state index contributed by atoms with van der Waals surface area (Å²) >= 11 is 11.3. The van der Waals surface area contributed by atoms with Crippen LogP contribution >= 0.6 is 23.2 Å². The summed E-state index contributed by atoms with van der Waals surface area (Å²) in [5.41, 5.74) is 0.914. The topological polar surface area (TPSA) is 86.1 Å². The normalized spacial score (nSPS) is 10.2. The van der Waals surface area contributed by atoms with E-state index in [0.29, 0.717) is 11.3 Å². The van der Waals surface area contributed by atoms with E-state index in [1.165, 1.54) is 11.8 Å². The number of methoxy groups -OCH3 is 1. The minimum absolute atomic E-state index is 0.0242. The smallest absolute Gasteiger partial charge is 0.337 e. The Kier molecular flexibility index (Phi) is 4.77. The van der Waals surface area contributed by atoms with Gasteiger partial charge >= 0.3 is 5.97 Å². The van der Waals surface area contributed by atoms with Gasteiger partial charge in [-0.3, -0.25) is 4.79 Å². The lowest BCUT2D eigenvalue weighted by Crippen LogP contribution is -2.19. The van der Waals surface area contributed by atoms with Crippen LogP contribution in [0.2, 0.25) is 10.6 Å². The monoisotopic (exact) mass is 328 g/mol. The minimum Gasteiger partial charge on any atom is -0.465 e. The molecule has 7 nitrogen and oxygen atoms in total. The number of hydrogen-bond donors (Lipinski definition) is 1. The van der Waals surface area contributed by atoms with Crippen LogP contribution in [0.1, 0.15) is 10.4 Å². The number of hydrogen-bond acceptors (Lipinski definition) is 5. The number of amides is 1. The minimum atomic E-state index is -0.447. The SMILES string of the molecule is COC(=O)c1ccc(NC(=O)Cn2nc(Cl)nc2Cl)cc1. The Morgan fingerprint density at radius 2 is 1.95 bits per heavy atom. The summed E-state index contributed by atoms with van der Waals surface area (Å²) in [6.07, 6.45) is 0. The van der Waals surface area contributed by atoms with Crippen LogP contribution in [0.15, 0.2) is 24.3 Å². The summed E-state index contributed by atoms with van der Waals surface area (Å²) in [6.45, 7) is -0.128. The lowest BCUT2D eigenvalue weighted by atomic mass is 10.2. The number of aromatic nitrogens is 3. The summed E-state index contributed by atoms with van der Waals surface area (Å²) in [4.78, 5) is 26.8. The van der Waals surface area contributed by atoms with Gasteiger partial charge in [0, 0.05) is 5.69 Å². The third-order valence-corrected chi connectivity index (χ3v) is 2.92. The summed E-state index contributed by atoms with van der Waals surface area (Å²) < 4.78 is 5.75. The quantitative estimate of drug-likeness (QED) is 0.867. The molecule has 1 amide bonds. The molecule has 0 bridgehead atoms. The number of esters is 1. The van der Waals surface area contributed by atoms with E-state index in [1.54, 1.807) is 24.3 Å². The van der Waals surface area contributed by atoms with Gasteiger partial charge in [-0.2, -0.15) is 4.98 Å². The Labute approximate surface area is 129 Å². The van der Waals surface area contributed by atoms with Crippen molar-refractivity contribution in [1.29, 1.82) is 0 Å². The molecule has 110 valence electrons. The molecule has 1 aromatic carbocycles. The number of ether oxygens (including phenoxy) is 1. The number of anilines is 1. The molecule has 0 radical (unpaired) electrons. The number of nitrogens with zero attached hydrogens (tertiary/aromatic N) is 3. The van der Waals surface area contributed by atoms with E-state index in [9.17, 15) is 9.59 Å². The van der Waals surface area contributed by atoms with Crippen molar-refractivity contribution in [2.75, 3.05) is 12.4 Å². The van der Waals surface area contributed by atoms with Crippen molar-refractivity contribution < 1.29 is 14.3 Å². The molecule has 2 aromatic rings. The van der Waals surface area contributed by atoms with E-state index >= 15 is 0 Å². The molecule has 2 rings (SSSR count). The van der Waals surface area contributed by atoms with E-state index in [1.807, 2.05) is 0 Å². The molecule has 0 fully saturated rings. The molecule has 9 heteroatoms. The summed E-state index contributed by atoms with van der Waals surface area (Å²) in [6, 6.07) is 6.25. The van der Waals surface area contributed by atoms with Gasteiger partial charge in [0.05, 0.1) is 12.7 Å². The third kappa shape index (κ3) is 3.93. The van der Waals surface area contributed by atoms with Crippen molar-refractivity contribution >= 4 is 40.8 Å². The Morgan fingerprint density at radius 3 is 2.48 bits per heavy atom. The zero-order valence-corrected chi connectivity index (χ0v) is 12.4. The Hall–Kier alpha value is -2.12. The van der Waals surface area contributed by atoms with Crippen molar-refractivity contribution in [3.63, 3.8) is 0 Å². The fraction of sp³-hybridized carbons (Fsp3) is 0.167. The Morgan fingerprint density at radius 1 is 1.29 bits per heavy atom. The molecule has 0 aliphatic carbocycles. The molecule has 0 unspecified atom stereocenters. The molecule has 0 saturated carbocycles. The van der Waals surface area contributed by atoms with Crippen LogP contribution in [0, 0.1) is 0 Å². The van der Waals surface area contributed by atoms with E-state index in [4.69, 9.17) is 23.2 Å². The van der Waals surface area contributed by atoms with Crippen LogP contribution in [-0.4, -0.2) is 33.8 Å². The maximum absolute atomic E-state index is 11.8. The van der Waals surface area contributed by atoms with E-state index < -0.39 is 5.97 Å². The molecule has 1 aromatic heterocycles. The zero-order chi connectivity index (χ0) is 15.4. The predicted octanol–water partition coefficient (Wildman–Crippen LogP) is 2.01. The Balaban J connectivity index is 1.99. The summed E-state index contributed by atoms with van der Waals surface area (Å²) in [5, 5.41) is 6.38. The number of benzene rings is 1. The van der Waals surface area contributed by atoms with Crippen molar-refractivity contribution in [3.05, 3.63) is 40.4 Å². The highest BCUT2D eigenvalue weighted by molar-refractivity contribution is 6.31. The predicted molar refractivity (Wildman–Crippen MR) is 76.5 cm³/mol. The van der Waals surface area contributed by atoms with Crippen LogP contribution in [0.25, 0.3) is 0 Å². The first-order valence-corrected chi connectivity index (χ1v) is 6.49. The lowest BCUT2D eigenvalue weighted by molar-refractivity contribution is -0.116. The maximum atomic E-state index is 11.8. The molecular weight excluding hydrogens is 319 g/mol. The van der Waals surface area contributed by atoms with Gasteiger partial charge < -0.3 is 10.1 Å². The first-order chi connectivity index (χ1) is 9.99. The van der Waals surface area contributed by atoms with Gasteiger partial charge in [0.25, 0.3) is 0 Å². The highest BCUT2D eigenvalue weighted by atomic mass is 35.5. The fourth-order valence-electron chi connectivity index (χ4n) is 1.54. The maximum Gasteiger partial charge on any atom is 0.337 e. The molecule has 0 atom stereocenters. The van der Waals surface area contributed by atoms with Gasteiger partial charge in [-0.1, -0.05) is 0 Å². The van der Waals surface area contributed by atoms with Crippen LogP contribution in [0.3, 0.4) is 0 Å². The molecular formula is C12H10Cl2N4O3. The molecule has 0 spiro atoms. The van der Waals surface area contributed by atoms with Gasteiger partial charge in [-0.25, -0.2) is 9.48 Å². The second kappa shape index (κ2) is 6.55. The van der Waals surface area contributed by atoms with E-state index in [0.717, 1.165) is 0 Å². The van der Waals surface area contributed by atoms with E-state index in [-0.39, 0.29) is 23.0 Å². The second-order valence-electron chi connectivity index (χ2n) is 3.92. The number of halogens is 2. The van der Waals surface area contributed by atoms with E-state index in [2.05, 4.69) is 20.1 Å². The highest BCUT2D eigenvalue weighted by Gasteiger charge is 2.11. The molecule has 21 heavy (non-hydrogen) atoms. The fourth-order valence-corrected chi connectivity index (χ4v) is 1.93. The molecule has 0 saturated heterocycles. The van der Waals surface area contributed by atoms with Crippen molar-refractivity contribution in [3.8, 4) is 0 Å². The average molecular weight is 329 g/mol. The number of carbonyl (C=O) groups is 2. The van der Waals surface area contributed by atoms with Crippen LogP contribution in [0.4, 0.5) is 5.69 Å². The van der Waals surface area contributed by atoms with Gasteiger partial charge in [-0.05, 0) is 47.5 Å². The standard InChI is InChI=1S/C12H10Cl2N4O3/c1-21-10(20)7-2-4-8(5-3-7)15-9(19)6-18-12(14)16-11(13)17-18/h2-5H,6H2,1H3,(H,15,19). The first-order valence-electron chi connectivity index (χ1n) is 5.73. The molecule has 0 aliphatic heterocycles. The average Bonchev–Trinajstić information content (AvgIpc) is 2.76. The summed E-state index contributed by atoms with van der Waals surface area (Å²) in [7, 11) is 1.30. The molecule has 1 N–H and O–H groups in total. The van der Waals surface area contributed by atoms with Gasteiger partial charge in [0.1, 0.15) is 6.54 Å².